The molecule has 0 saturated heterocycles. The van der Waals surface area contributed by atoms with Crippen molar-refractivity contribution in [3.63, 3.8) is 0 Å². The van der Waals surface area contributed by atoms with Crippen molar-refractivity contribution >= 4 is 11.6 Å². The zero-order chi connectivity index (χ0) is 14.0. The SMILES string of the molecule is Cc1ccc(Cl)c(-n2cncc2C(N)CC(C)C)c1. The van der Waals surface area contributed by atoms with Crippen LogP contribution in [0.25, 0.3) is 5.69 Å². The summed E-state index contributed by atoms with van der Waals surface area (Å²) in [6, 6.07) is 5.93. The summed E-state index contributed by atoms with van der Waals surface area (Å²) in [7, 11) is 0. The zero-order valence-electron chi connectivity index (χ0n) is 11.6. The van der Waals surface area contributed by atoms with Crippen molar-refractivity contribution in [2.75, 3.05) is 0 Å². The fourth-order valence-electron chi connectivity index (χ4n) is 2.22. The van der Waals surface area contributed by atoms with Gasteiger partial charge in [-0.15, -0.1) is 0 Å². The Kier molecular flexibility index (Phi) is 4.27. The molecule has 0 bridgehead atoms. The molecule has 1 aromatic heterocycles. The van der Waals surface area contributed by atoms with Crippen molar-refractivity contribution < 1.29 is 0 Å². The average Bonchev–Trinajstić information content (AvgIpc) is 2.80. The van der Waals surface area contributed by atoms with E-state index in [2.05, 4.69) is 24.9 Å². The van der Waals surface area contributed by atoms with Gasteiger partial charge >= 0.3 is 0 Å². The smallest absolute Gasteiger partial charge is 0.0995 e. The lowest BCUT2D eigenvalue weighted by atomic mass is 10.0. The third kappa shape index (κ3) is 3.17. The molecule has 0 fully saturated rings. The van der Waals surface area contributed by atoms with Gasteiger partial charge in [0.1, 0.15) is 0 Å². The maximum Gasteiger partial charge on any atom is 0.0995 e. The minimum atomic E-state index is -0.0286. The van der Waals surface area contributed by atoms with Crippen molar-refractivity contribution in [1.29, 1.82) is 0 Å². The molecule has 0 spiro atoms. The van der Waals surface area contributed by atoms with E-state index in [-0.39, 0.29) is 6.04 Å². The molecule has 0 amide bonds. The average molecular weight is 278 g/mol. The predicted octanol–water partition coefficient (Wildman–Crippen LogP) is 3.88. The molecule has 0 aliphatic rings. The van der Waals surface area contributed by atoms with E-state index in [1.807, 2.05) is 29.8 Å². The summed E-state index contributed by atoms with van der Waals surface area (Å²) in [4.78, 5) is 4.22. The number of aromatic nitrogens is 2. The second-order valence-electron chi connectivity index (χ2n) is 5.38. The van der Waals surface area contributed by atoms with E-state index in [4.69, 9.17) is 17.3 Å². The highest BCUT2D eigenvalue weighted by atomic mass is 35.5. The molecule has 2 aromatic rings. The third-order valence-electron chi connectivity index (χ3n) is 3.13. The van der Waals surface area contributed by atoms with Crippen LogP contribution in [0.15, 0.2) is 30.7 Å². The van der Waals surface area contributed by atoms with Gasteiger partial charge in [0, 0.05) is 6.04 Å². The largest absolute Gasteiger partial charge is 0.323 e. The molecule has 1 atom stereocenters. The first-order chi connectivity index (χ1) is 8.99. The van der Waals surface area contributed by atoms with E-state index in [1.54, 1.807) is 6.33 Å². The summed E-state index contributed by atoms with van der Waals surface area (Å²) in [6.45, 7) is 6.38. The van der Waals surface area contributed by atoms with E-state index in [0.717, 1.165) is 23.4 Å². The monoisotopic (exact) mass is 277 g/mol. The van der Waals surface area contributed by atoms with Gasteiger partial charge in [0.05, 0.1) is 28.9 Å². The van der Waals surface area contributed by atoms with Crippen molar-refractivity contribution in [2.24, 2.45) is 11.7 Å². The first-order valence-electron chi connectivity index (χ1n) is 6.53. The van der Waals surface area contributed by atoms with Crippen LogP contribution in [0.4, 0.5) is 0 Å². The maximum absolute atomic E-state index is 6.28. The number of halogens is 1. The van der Waals surface area contributed by atoms with Crippen molar-refractivity contribution in [2.45, 2.75) is 33.2 Å². The number of nitrogens with zero attached hydrogens (tertiary/aromatic N) is 2. The Morgan fingerprint density at radius 3 is 2.79 bits per heavy atom. The summed E-state index contributed by atoms with van der Waals surface area (Å²) in [6.07, 6.45) is 4.52. The summed E-state index contributed by atoms with van der Waals surface area (Å²) < 4.78 is 1.99. The molecule has 1 unspecified atom stereocenters. The molecule has 1 heterocycles. The Morgan fingerprint density at radius 1 is 1.37 bits per heavy atom. The summed E-state index contributed by atoms with van der Waals surface area (Å²) >= 11 is 6.28. The van der Waals surface area contributed by atoms with Gasteiger partial charge < -0.3 is 10.3 Å². The Bertz CT molecular complexity index is 560. The normalized spacial score (nSPS) is 12.9. The maximum atomic E-state index is 6.28. The van der Waals surface area contributed by atoms with Crippen LogP contribution in [0.2, 0.25) is 5.02 Å². The standard InChI is InChI=1S/C15H20ClN3/c1-10(2)6-13(17)15-8-18-9-19(15)14-7-11(3)4-5-12(14)16/h4-5,7-10,13H,6,17H2,1-3H3. The lowest BCUT2D eigenvalue weighted by molar-refractivity contribution is 0.498. The Balaban J connectivity index is 2.41. The molecule has 4 heteroatoms. The van der Waals surface area contributed by atoms with Crippen LogP contribution < -0.4 is 5.73 Å². The quantitative estimate of drug-likeness (QED) is 0.922. The first-order valence-corrected chi connectivity index (χ1v) is 6.91. The van der Waals surface area contributed by atoms with Gasteiger partial charge in [-0.3, -0.25) is 0 Å². The molecule has 3 nitrogen and oxygen atoms in total. The lowest BCUT2D eigenvalue weighted by Gasteiger charge is -2.17. The number of benzene rings is 1. The molecule has 102 valence electrons. The van der Waals surface area contributed by atoms with E-state index in [9.17, 15) is 0 Å². The predicted molar refractivity (Wildman–Crippen MR) is 79.7 cm³/mol. The minimum absolute atomic E-state index is 0.0286. The lowest BCUT2D eigenvalue weighted by Crippen LogP contribution is -2.16. The van der Waals surface area contributed by atoms with Crippen LogP contribution in [0.3, 0.4) is 0 Å². The minimum Gasteiger partial charge on any atom is -0.323 e. The first kappa shape index (κ1) is 14.1. The van der Waals surface area contributed by atoms with Crippen molar-refractivity contribution in [3.05, 3.63) is 47.0 Å². The number of hydrogen-bond acceptors (Lipinski definition) is 2. The third-order valence-corrected chi connectivity index (χ3v) is 3.45. The van der Waals surface area contributed by atoms with Gasteiger partial charge in [-0.25, -0.2) is 4.98 Å². The highest BCUT2D eigenvalue weighted by Crippen LogP contribution is 2.26. The van der Waals surface area contributed by atoms with Crippen LogP contribution >= 0.6 is 11.6 Å². The molecule has 0 aliphatic carbocycles. The van der Waals surface area contributed by atoms with Gasteiger partial charge in [0.15, 0.2) is 0 Å². The van der Waals surface area contributed by atoms with Crippen LogP contribution in [-0.2, 0) is 0 Å². The molecule has 2 rings (SSSR count). The summed E-state index contributed by atoms with van der Waals surface area (Å²) in [5.41, 5.74) is 9.37. The number of aryl methyl sites for hydroxylation is 1. The molecule has 1 aromatic carbocycles. The number of imidazole rings is 1. The van der Waals surface area contributed by atoms with Crippen molar-refractivity contribution in [3.8, 4) is 5.69 Å². The molecule has 2 N–H and O–H groups in total. The Morgan fingerprint density at radius 2 is 2.11 bits per heavy atom. The van der Waals surface area contributed by atoms with Crippen molar-refractivity contribution in [1.82, 2.24) is 9.55 Å². The highest BCUT2D eigenvalue weighted by Gasteiger charge is 2.15. The second kappa shape index (κ2) is 5.76. The fourth-order valence-corrected chi connectivity index (χ4v) is 2.43. The van der Waals surface area contributed by atoms with Crippen LogP contribution in [0.5, 0.6) is 0 Å². The zero-order valence-corrected chi connectivity index (χ0v) is 12.4. The summed E-state index contributed by atoms with van der Waals surface area (Å²) in [5, 5.41) is 0.710. The van der Waals surface area contributed by atoms with Crippen LogP contribution in [0.1, 0.15) is 37.6 Å². The van der Waals surface area contributed by atoms with Gasteiger partial charge in [0.2, 0.25) is 0 Å². The van der Waals surface area contributed by atoms with E-state index in [0.29, 0.717) is 10.9 Å². The molecule has 0 aliphatic heterocycles. The molecule has 0 radical (unpaired) electrons. The van der Waals surface area contributed by atoms with Gasteiger partial charge in [-0.05, 0) is 37.0 Å². The van der Waals surface area contributed by atoms with Gasteiger partial charge in [-0.1, -0.05) is 31.5 Å². The van der Waals surface area contributed by atoms with E-state index < -0.39 is 0 Å². The van der Waals surface area contributed by atoms with E-state index in [1.165, 1.54) is 0 Å². The molecule has 0 saturated carbocycles. The summed E-state index contributed by atoms with van der Waals surface area (Å²) in [5.74, 6) is 0.548. The van der Waals surface area contributed by atoms with Crippen LogP contribution in [-0.4, -0.2) is 9.55 Å². The fraction of sp³-hybridized carbons (Fsp3) is 0.400. The molecular formula is C15H20ClN3. The number of hydrogen-bond donors (Lipinski definition) is 1. The second-order valence-corrected chi connectivity index (χ2v) is 5.79. The topological polar surface area (TPSA) is 43.8 Å². The molecular weight excluding hydrogens is 258 g/mol. The number of nitrogens with two attached hydrogens (primary N) is 1. The molecule has 19 heavy (non-hydrogen) atoms. The van der Waals surface area contributed by atoms with Gasteiger partial charge in [0.25, 0.3) is 0 Å². The highest BCUT2D eigenvalue weighted by molar-refractivity contribution is 6.32. The van der Waals surface area contributed by atoms with Gasteiger partial charge in [-0.2, -0.15) is 0 Å². The number of rotatable bonds is 4. The van der Waals surface area contributed by atoms with Crippen LogP contribution in [0, 0.1) is 12.8 Å². The van der Waals surface area contributed by atoms with E-state index >= 15 is 0 Å². The Hall–Kier alpha value is -1.32. The Labute approximate surface area is 119 Å².